The molecule has 1 saturated heterocycles. The van der Waals surface area contributed by atoms with Crippen molar-refractivity contribution in [3.8, 4) is 0 Å². The van der Waals surface area contributed by atoms with E-state index in [4.69, 9.17) is 0 Å². The molecule has 1 aliphatic rings. The van der Waals surface area contributed by atoms with E-state index in [0.29, 0.717) is 5.92 Å². The molecule has 1 unspecified atom stereocenters. The fourth-order valence-corrected chi connectivity index (χ4v) is 2.91. The van der Waals surface area contributed by atoms with Gasteiger partial charge in [-0.15, -0.1) is 0 Å². The highest BCUT2D eigenvalue weighted by Crippen LogP contribution is 2.22. The summed E-state index contributed by atoms with van der Waals surface area (Å²) < 4.78 is 15.5. The van der Waals surface area contributed by atoms with Crippen LogP contribution in [0.4, 0.5) is 0 Å². The Bertz CT molecular complexity index is 195. The van der Waals surface area contributed by atoms with Gasteiger partial charge in [-0.05, 0) is 45.1 Å². The number of hydrogen-bond acceptors (Lipinski definition) is 3. The zero-order valence-corrected chi connectivity index (χ0v) is 10.8. The van der Waals surface area contributed by atoms with Gasteiger partial charge in [-0.25, -0.2) is 0 Å². The minimum absolute atomic E-state index is 0.222. The molecule has 0 saturated carbocycles. The lowest BCUT2D eigenvalue weighted by atomic mass is 10.1. The summed E-state index contributed by atoms with van der Waals surface area (Å²) in [4.78, 5) is 0. The van der Waals surface area contributed by atoms with E-state index in [-0.39, 0.29) is 4.75 Å². The van der Waals surface area contributed by atoms with Gasteiger partial charge >= 0.3 is 0 Å². The summed E-state index contributed by atoms with van der Waals surface area (Å²) >= 11 is 0.925. The molecule has 0 bridgehead atoms. The first-order valence-electron chi connectivity index (χ1n) is 5.04. The largest absolute Gasteiger partial charge is 0.591 e. The third-order valence-electron chi connectivity index (χ3n) is 2.16. The molecule has 82 valence electrons. The van der Waals surface area contributed by atoms with Gasteiger partial charge in [-0.2, -0.15) is 11.8 Å². The molecule has 0 spiro atoms. The summed E-state index contributed by atoms with van der Waals surface area (Å²) in [7, 11) is 0. The van der Waals surface area contributed by atoms with Crippen LogP contribution in [0, 0.1) is 5.92 Å². The molecule has 0 amide bonds. The van der Waals surface area contributed by atoms with Gasteiger partial charge in [0.15, 0.2) is 0 Å². The van der Waals surface area contributed by atoms with Crippen molar-refractivity contribution in [1.82, 2.24) is 0 Å². The molecule has 2 nitrogen and oxygen atoms in total. The minimum Gasteiger partial charge on any atom is -0.591 e. The number of thioether (sulfide) groups is 1. The molecule has 0 N–H and O–H groups in total. The minimum atomic E-state index is -1.08. The third kappa shape index (κ3) is 4.24. The van der Waals surface area contributed by atoms with E-state index in [1.807, 2.05) is 38.7 Å². The van der Waals surface area contributed by atoms with Crippen LogP contribution in [0.1, 0.15) is 33.6 Å². The number of nitrogens with zero attached hydrogens (tertiary/aromatic N) is 1. The molecular weight excluding hydrogens is 214 g/mol. The monoisotopic (exact) mass is 233 g/mol. The molecule has 1 aliphatic heterocycles. The fraction of sp³-hybridized carbons (Fsp3) is 0.900. The van der Waals surface area contributed by atoms with E-state index >= 15 is 0 Å². The first-order chi connectivity index (χ1) is 6.50. The Morgan fingerprint density at radius 2 is 1.93 bits per heavy atom. The standard InChI is InChI=1S/C10H19NOS2/c1-10(2,3)14(12)11-8-9-4-6-13-7-5-9/h8-9H,4-7H2,1-3H3/b11-8+. The summed E-state index contributed by atoms with van der Waals surface area (Å²) in [5, 5.41) is 0. The molecule has 1 atom stereocenters. The Hall–Kier alpha value is 0.330. The average Bonchev–Trinajstić information content (AvgIpc) is 2.14. The van der Waals surface area contributed by atoms with E-state index in [0.717, 1.165) is 0 Å². The highest BCUT2D eigenvalue weighted by Gasteiger charge is 2.26. The zero-order valence-electron chi connectivity index (χ0n) is 9.16. The first kappa shape index (κ1) is 12.4. The van der Waals surface area contributed by atoms with Crippen molar-refractivity contribution >= 4 is 29.3 Å². The molecule has 0 aromatic carbocycles. The van der Waals surface area contributed by atoms with Crippen LogP contribution in [-0.4, -0.2) is 27.0 Å². The van der Waals surface area contributed by atoms with Crippen molar-refractivity contribution in [1.29, 1.82) is 0 Å². The Morgan fingerprint density at radius 1 is 1.36 bits per heavy atom. The van der Waals surface area contributed by atoms with Crippen molar-refractivity contribution in [2.24, 2.45) is 10.3 Å². The molecule has 1 heterocycles. The van der Waals surface area contributed by atoms with Crippen molar-refractivity contribution in [2.45, 2.75) is 38.4 Å². The SMILES string of the molecule is CC(C)(C)[S+]([O-])/N=C/C1CCSCC1. The fourth-order valence-electron chi connectivity index (χ4n) is 1.16. The molecule has 0 aromatic heterocycles. The molecular formula is C10H19NOS2. The Kier molecular flexibility index (Phi) is 4.80. The van der Waals surface area contributed by atoms with Crippen LogP contribution in [0.3, 0.4) is 0 Å². The van der Waals surface area contributed by atoms with Gasteiger partial charge in [-0.3, -0.25) is 0 Å². The topological polar surface area (TPSA) is 35.4 Å². The zero-order chi connectivity index (χ0) is 10.6. The van der Waals surface area contributed by atoms with Crippen molar-refractivity contribution in [2.75, 3.05) is 11.5 Å². The van der Waals surface area contributed by atoms with E-state index in [1.54, 1.807) is 0 Å². The summed E-state index contributed by atoms with van der Waals surface area (Å²) in [5.41, 5.74) is 0. The second-order valence-corrected chi connectivity index (χ2v) is 7.72. The molecule has 1 rings (SSSR count). The molecule has 0 aromatic rings. The van der Waals surface area contributed by atoms with E-state index in [9.17, 15) is 4.55 Å². The van der Waals surface area contributed by atoms with Crippen LogP contribution in [0.25, 0.3) is 0 Å². The van der Waals surface area contributed by atoms with Crippen molar-refractivity contribution in [3.05, 3.63) is 0 Å². The van der Waals surface area contributed by atoms with Crippen molar-refractivity contribution < 1.29 is 4.55 Å². The lowest BCUT2D eigenvalue weighted by Gasteiger charge is -2.20. The Labute approximate surface area is 94.3 Å². The van der Waals surface area contributed by atoms with Crippen LogP contribution in [-0.2, 0) is 11.4 Å². The van der Waals surface area contributed by atoms with Gasteiger partial charge in [-0.1, -0.05) is 4.40 Å². The van der Waals surface area contributed by atoms with Gasteiger partial charge in [0, 0.05) is 5.92 Å². The lowest BCUT2D eigenvalue weighted by Crippen LogP contribution is -2.26. The van der Waals surface area contributed by atoms with Crippen LogP contribution in [0.5, 0.6) is 0 Å². The molecule has 14 heavy (non-hydrogen) atoms. The highest BCUT2D eigenvalue weighted by molar-refractivity contribution is 7.99. The highest BCUT2D eigenvalue weighted by atomic mass is 32.2. The quantitative estimate of drug-likeness (QED) is 0.543. The number of hydrogen-bond donors (Lipinski definition) is 0. The van der Waals surface area contributed by atoms with E-state index in [2.05, 4.69) is 4.40 Å². The van der Waals surface area contributed by atoms with Crippen LogP contribution in [0.2, 0.25) is 0 Å². The maximum absolute atomic E-state index is 11.6. The van der Waals surface area contributed by atoms with Crippen LogP contribution in [0.15, 0.2) is 4.40 Å². The Balaban J connectivity index is 2.38. The molecule has 0 radical (unpaired) electrons. The average molecular weight is 233 g/mol. The first-order valence-corrected chi connectivity index (χ1v) is 7.30. The summed E-state index contributed by atoms with van der Waals surface area (Å²) in [6.45, 7) is 5.87. The second kappa shape index (κ2) is 5.42. The maximum Gasteiger partial charge on any atom is 0.144 e. The predicted molar refractivity (Wildman–Crippen MR) is 66.4 cm³/mol. The predicted octanol–water partition coefficient (Wildman–Crippen LogP) is 2.66. The maximum atomic E-state index is 11.6. The van der Waals surface area contributed by atoms with Gasteiger partial charge in [0.25, 0.3) is 0 Å². The van der Waals surface area contributed by atoms with Gasteiger partial charge in [0.2, 0.25) is 0 Å². The van der Waals surface area contributed by atoms with Gasteiger partial charge < -0.3 is 4.55 Å². The summed E-state index contributed by atoms with van der Waals surface area (Å²) in [6.07, 6.45) is 4.30. The number of rotatable bonds is 2. The van der Waals surface area contributed by atoms with E-state index < -0.39 is 11.4 Å². The normalized spacial score (nSPS) is 22.9. The third-order valence-corrected chi connectivity index (χ3v) is 4.57. The Morgan fingerprint density at radius 3 is 2.43 bits per heavy atom. The van der Waals surface area contributed by atoms with Crippen LogP contribution < -0.4 is 0 Å². The van der Waals surface area contributed by atoms with Crippen molar-refractivity contribution in [3.63, 3.8) is 0 Å². The lowest BCUT2D eigenvalue weighted by molar-refractivity contribution is 0.560. The smallest absolute Gasteiger partial charge is 0.144 e. The molecule has 4 heteroatoms. The summed E-state index contributed by atoms with van der Waals surface area (Å²) in [5.74, 6) is 3.00. The molecule has 0 aliphatic carbocycles. The van der Waals surface area contributed by atoms with E-state index in [1.165, 1.54) is 24.3 Å². The van der Waals surface area contributed by atoms with Crippen LogP contribution >= 0.6 is 11.8 Å². The second-order valence-electron chi connectivity index (χ2n) is 4.57. The molecule has 1 fully saturated rings. The summed E-state index contributed by atoms with van der Waals surface area (Å²) in [6, 6.07) is 0. The van der Waals surface area contributed by atoms with Gasteiger partial charge in [0.05, 0.1) is 6.21 Å². The van der Waals surface area contributed by atoms with Gasteiger partial charge in [0.1, 0.15) is 16.1 Å².